The summed E-state index contributed by atoms with van der Waals surface area (Å²) < 4.78 is 10.1. The minimum atomic E-state index is -0.428. The maximum Gasteiger partial charge on any atom is 0.306 e. The van der Waals surface area contributed by atoms with Gasteiger partial charge in [-0.05, 0) is 0 Å². The van der Waals surface area contributed by atoms with Crippen molar-refractivity contribution in [2.24, 2.45) is 11.8 Å². The topological polar surface area (TPSA) is 69.7 Å². The summed E-state index contributed by atoms with van der Waals surface area (Å²) in [5, 5.41) is 0. The number of esters is 2. The Hall–Kier alpha value is -1.39. The number of hydrogen-bond acceptors (Lipinski definition) is 5. The largest absolute Gasteiger partial charge is 0.462 e. The van der Waals surface area contributed by atoms with Crippen LogP contribution < -0.4 is 0 Å². The Morgan fingerprint density at radius 1 is 1.60 bits per heavy atom. The van der Waals surface area contributed by atoms with Crippen LogP contribution in [-0.2, 0) is 23.9 Å². The second-order valence-electron chi connectivity index (χ2n) is 3.99. The van der Waals surface area contributed by atoms with E-state index in [1.807, 2.05) is 0 Å². The fraction of sp³-hybridized carbons (Fsp3) is 0.700. The summed E-state index contributed by atoms with van der Waals surface area (Å²) in [5.74, 6) is -1.18. The lowest BCUT2D eigenvalue weighted by atomic mass is 9.94. The number of hydrogen-bond donors (Lipinski definition) is 0. The number of fused-ring (bicyclic) bond motifs is 1. The van der Waals surface area contributed by atoms with Crippen LogP contribution in [0.15, 0.2) is 0 Å². The predicted molar refractivity (Wildman–Crippen MR) is 47.7 cm³/mol. The zero-order chi connectivity index (χ0) is 11.0. The van der Waals surface area contributed by atoms with Crippen LogP contribution in [0.1, 0.15) is 19.8 Å². The van der Waals surface area contributed by atoms with Crippen LogP contribution in [0, 0.1) is 11.8 Å². The Morgan fingerprint density at radius 2 is 2.33 bits per heavy atom. The van der Waals surface area contributed by atoms with Crippen LogP contribution >= 0.6 is 0 Å². The van der Waals surface area contributed by atoms with Crippen molar-refractivity contribution in [3.8, 4) is 0 Å². The van der Waals surface area contributed by atoms with Crippen molar-refractivity contribution >= 4 is 18.2 Å². The highest BCUT2D eigenvalue weighted by atomic mass is 16.6. The van der Waals surface area contributed by atoms with Gasteiger partial charge >= 0.3 is 11.9 Å². The molecule has 0 amide bonds. The monoisotopic (exact) mass is 212 g/mol. The summed E-state index contributed by atoms with van der Waals surface area (Å²) in [7, 11) is 0. The van der Waals surface area contributed by atoms with Gasteiger partial charge in [-0.2, -0.15) is 0 Å². The van der Waals surface area contributed by atoms with E-state index in [2.05, 4.69) is 0 Å². The van der Waals surface area contributed by atoms with Gasteiger partial charge in [-0.1, -0.05) is 0 Å². The molecule has 2 fully saturated rings. The maximum absolute atomic E-state index is 11.0. The molecule has 4 atom stereocenters. The van der Waals surface area contributed by atoms with Crippen LogP contribution in [0.5, 0.6) is 0 Å². The average Bonchev–Trinajstić information content (AvgIpc) is 2.59. The van der Waals surface area contributed by atoms with Gasteiger partial charge in [-0.3, -0.25) is 9.59 Å². The molecule has 1 heterocycles. The molecule has 2 rings (SSSR count). The highest BCUT2D eigenvalue weighted by Crippen LogP contribution is 2.41. The lowest BCUT2D eigenvalue weighted by Crippen LogP contribution is -2.25. The number of rotatable bonds is 2. The third-order valence-corrected chi connectivity index (χ3v) is 3.03. The van der Waals surface area contributed by atoms with Gasteiger partial charge in [0.2, 0.25) is 0 Å². The molecule has 0 bridgehead atoms. The first-order valence-corrected chi connectivity index (χ1v) is 4.94. The molecule has 0 aromatic heterocycles. The van der Waals surface area contributed by atoms with Crippen LogP contribution in [-0.4, -0.2) is 30.4 Å². The predicted octanol–water partition coefficient (Wildman–Crippen LogP) is 0.0686. The first-order chi connectivity index (χ1) is 7.11. The second kappa shape index (κ2) is 3.64. The normalized spacial score (nSPS) is 38.3. The molecule has 82 valence electrons. The molecular weight excluding hydrogens is 200 g/mol. The van der Waals surface area contributed by atoms with Gasteiger partial charge in [0.05, 0.1) is 12.3 Å². The smallest absolute Gasteiger partial charge is 0.306 e. The molecule has 5 heteroatoms. The van der Waals surface area contributed by atoms with Crippen molar-refractivity contribution in [1.29, 1.82) is 0 Å². The summed E-state index contributed by atoms with van der Waals surface area (Å²) in [6.45, 7) is 1.31. The van der Waals surface area contributed by atoms with E-state index in [0.717, 1.165) is 6.29 Å². The third-order valence-electron chi connectivity index (χ3n) is 3.03. The molecule has 0 radical (unpaired) electrons. The molecule has 0 aromatic carbocycles. The molecule has 1 saturated carbocycles. The number of aldehydes is 1. The molecule has 5 nitrogen and oxygen atoms in total. The SMILES string of the molecule is CC(=O)O[C@@H]1C[C@@H]2OC(=O)C[C@@H]2[C@H]1C=O. The zero-order valence-electron chi connectivity index (χ0n) is 8.34. The van der Waals surface area contributed by atoms with Gasteiger partial charge in [-0.25, -0.2) is 0 Å². The Bertz CT molecular complexity index is 311. The molecule has 0 spiro atoms. The van der Waals surface area contributed by atoms with E-state index in [4.69, 9.17) is 9.47 Å². The standard InChI is InChI=1S/C10H12O5/c1-5(12)14-9-3-8-6(7(9)4-11)2-10(13)15-8/h4,6-9H,2-3H2,1H3/t6-,7-,8+,9-/m1/s1. The minimum Gasteiger partial charge on any atom is -0.462 e. The highest BCUT2D eigenvalue weighted by molar-refractivity contribution is 5.74. The first kappa shape index (κ1) is 10.1. The van der Waals surface area contributed by atoms with Crippen molar-refractivity contribution in [3.63, 3.8) is 0 Å². The lowest BCUT2D eigenvalue weighted by molar-refractivity contribution is -0.150. The van der Waals surface area contributed by atoms with Crippen LogP contribution in [0.3, 0.4) is 0 Å². The van der Waals surface area contributed by atoms with Crippen molar-refractivity contribution in [2.75, 3.05) is 0 Å². The quantitative estimate of drug-likeness (QED) is 0.478. The van der Waals surface area contributed by atoms with Gasteiger partial charge < -0.3 is 14.3 Å². The molecule has 2 aliphatic rings. The van der Waals surface area contributed by atoms with E-state index in [-0.39, 0.29) is 24.4 Å². The van der Waals surface area contributed by atoms with Crippen LogP contribution in [0.2, 0.25) is 0 Å². The lowest BCUT2D eigenvalue weighted by Gasteiger charge is -2.16. The molecule has 1 saturated heterocycles. The van der Waals surface area contributed by atoms with Crippen molar-refractivity contribution in [3.05, 3.63) is 0 Å². The number of carbonyl (C=O) groups is 3. The van der Waals surface area contributed by atoms with E-state index >= 15 is 0 Å². The molecule has 0 aromatic rings. The Morgan fingerprint density at radius 3 is 2.93 bits per heavy atom. The summed E-state index contributed by atoms with van der Waals surface area (Å²) in [4.78, 5) is 32.7. The van der Waals surface area contributed by atoms with E-state index in [1.54, 1.807) is 0 Å². The Balaban J connectivity index is 2.09. The summed E-state index contributed by atoms with van der Waals surface area (Å²) in [5.41, 5.74) is 0. The summed E-state index contributed by atoms with van der Waals surface area (Å²) >= 11 is 0. The van der Waals surface area contributed by atoms with Crippen molar-refractivity contribution in [2.45, 2.75) is 32.0 Å². The number of carbonyl (C=O) groups excluding carboxylic acids is 3. The average molecular weight is 212 g/mol. The van der Waals surface area contributed by atoms with Gasteiger partial charge in [-0.15, -0.1) is 0 Å². The van der Waals surface area contributed by atoms with Crippen molar-refractivity contribution in [1.82, 2.24) is 0 Å². The van der Waals surface area contributed by atoms with E-state index in [1.165, 1.54) is 6.92 Å². The maximum atomic E-state index is 11.0. The molecular formula is C10H12O5. The molecule has 0 N–H and O–H groups in total. The molecule has 1 aliphatic carbocycles. The first-order valence-electron chi connectivity index (χ1n) is 4.94. The second-order valence-corrected chi connectivity index (χ2v) is 3.99. The van der Waals surface area contributed by atoms with Crippen molar-refractivity contribution < 1.29 is 23.9 Å². The molecule has 15 heavy (non-hydrogen) atoms. The van der Waals surface area contributed by atoms with E-state index < -0.39 is 18.0 Å². The Kier molecular flexibility index (Phi) is 2.46. The summed E-state index contributed by atoms with van der Waals surface area (Å²) in [6, 6.07) is 0. The Labute approximate surface area is 86.7 Å². The van der Waals surface area contributed by atoms with E-state index in [9.17, 15) is 14.4 Å². The fourth-order valence-electron chi connectivity index (χ4n) is 2.43. The molecule has 1 aliphatic heterocycles. The van der Waals surface area contributed by atoms with Crippen LogP contribution in [0.25, 0.3) is 0 Å². The van der Waals surface area contributed by atoms with Gasteiger partial charge in [0.1, 0.15) is 18.5 Å². The van der Waals surface area contributed by atoms with Gasteiger partial charge in [0.25, 0.3) is 0 Å². The number of ether oxygens (including phenoxy) is 2. The van der Waals surface area contributed by atoms with Crippen LogP contribution in [0.4, 0.5) is 0 Å². The summed E-state index contributed by atoms with van der Waals surface area (Å²) in [6.07, 6.45) is 0.783. The van der Waals surface area contributed by atoms with Gasteiger partial charge in [0, 0.05) is 19.3 Å². The molecule has 0 unspecified atom stereocenters. The fourth-order valence-corrected chi connectivity index (χ4v) is 2.43. The van der Waals surface area contributed by atoms with E-state index in [0.29, 0.717) is 6.42 Å². The van der Waals surface area contributed by atoms with Gasteiger partial charge in [0.15, 0.2) is 0 Å². The minimum absolute atomic E-state index is 0.112. The third kappa shape index (κ3) is 1.73. The zero-order valence-corrected chi connectivity index (χ0v) is 8.34. The highest BCUT2D eigenvalue weighted by Gasteiger charge is 2.51.